The lowest BCUT2D eigenvalue weighted by molar-refractivity contribution is -0.140. The topological polar surface area (TPSA) is 43.4 Å². The van der Waals surface area contributed by atoms with Gasteiger partial charge in [0.15, 0.2) is 5.78 Å². The number of ether oxygens (including phenoxy) is 1. The van der Waals surface area contributed by atoms with Crippen molar-refractivity contribution in [3.8, 4) is 0 Å². The largest absolute Gasteiger partial charge is 0.462 e. The second-order valence-electron chi connectivity index (χ2n) is 7.45. The predicted octanol–water partition coefficient (Wildman–Crippen LogP) is 6.00. The first-order valence-corrected chi connectivity index (χ1v) is 10.5. The van der Waals surface area contributed by atoms with Crippen LogP contribution in [0, 0.1) is 0 Å². The van der Waals surface area contributed by atoms with Crippen LogP contribution in [0.15, 0.2) is 34.4 Å². The Morgan fingerprint density at radius 1 is 0.923 bits per heavy atom. The Hall–Kier alpha value is -1.64. The van der Waals surface area contributed by atoms with E-state index in [1.165, 1.54) is 30.9 Å². The van der Waals surface area contributed by atoms with Crippen molar-refractivity contribution in [3.05, 3.63) is 34.4 Å². The third-order valence-electron chi connectivity index (χ3n) is 5.26. The van der Waals surface area contributed by atoms with E-state index < -0.39 is 5.97 Å². The molecule has 0 heterocycles. The van der Waals surface area contributed by atoms with Gasteiger partial charge in [0.25, 0.3) is 0 Å². The molecule has 0 aliphatic heterocycles. The first-order chi connectivity index (χ1) is 12.6. The highest BCUT2D eigenvalue weighted by Gasteiger charge is 2.27. The van der Waals surface area contributed by atoms with Crippen LogP contribution >= 0.6 is 0 Å². The lowest BCUT2D eigenvalue weighted by Gasteiger charge is -2.23. The summed E-state index contributed by atoms with van der Waals surface area (Å²) in [6.45, 7) is 4.06. The van der Waals surface area contributed by atoms with Crippen molar-refractivity contribution in [1.82, 2.24) is 0 Å². The number of esters is 1. The lowest BCUT2D eigenvalue weighted by atomic mass is 9.81. The highest BCUT2D eigenvalue weighted by atomic mass is 16.5. The number of rotatable bonds is 9. The van der Waals surface area contributed by atoms with E-state index >= 15 is 0 Å². The fourth-order valence-corrected chi connectivity index (χ4v) is 3.85. The van der Waals surface area contributed by atoms with Crippen LogP contribution in [0.1, 0.15) is 90.9 Å². The average Bonchev–Trinajstić information content (AvgIpc) is 2.66. The molecular formula is C23H34O3. The molecule has 0 aromatic carbocycles. The van der Waals surface area contributed by atoms with Crippen molar-refractivity contribution in [1.29, 1.82) is 0 Å². The van der Waals surface area contributed by atoms with Gasteiger partial charge in [0.2, 0.25) is 0 Å². The zero-order valence-corrected chi connectivity index (χ0v) is 16.6. The maximum absolute atomic E-state index is 12.8. The van der Waals surface area contributed by atoms with Crippen molar-refractivity contribution < 1.29 is 14.3 Å². The summed E-state index contributed by atoms with van der Waals surface area (Å²) in [7, 11) is 0. The zero-order valence-electron chi connectivity index (χ0n) is 16.6. The summed E-state index contributed by atoms with van der Waals surface area (Å²) < 4.78 is 5.50. The minimum absolute atomic E-state index is 0.170. The Balaban J connectivity index is 2.28. The number of carbonyl (C=O) groups excluding carboxylic acids is 2. The molecule has 144 valence electrons. The van der Waals surface area contributed by atoms with Gasteiger partial charge in [-0.2, -0.15) is 0 Å². The summed E-state index contributed by atoms with van der Waals surface area (Å²) in [6, 6.07) is 0. The molecule has 26 heavy (non-hydrogen) atoms. The zero-order chi connectivity index (χ0) is 18.8. The third-order valence-corrected chi connectivity index (χ3v) is 5.26. The summed E-state index contributed by atoms with van der Waals surface area (Å²) in [5.41, 5.74) is 3.53. The van der Waals surface area contributed by atoms with Crippen LogP contribution in [0.2, 0.25) is 0 Å². The normalized spacial score (nSPS) is 17.2. The van der Waals surface area contributed by atoms with Gasteiger partial charge >= 0.3 is 5.97 Å². The Morgan fingerprint density at radius 3 is 2.00 bits per heavy atom. The van der Waals surface area contributed by atoms with E-state index in [-0.39, 0.29) is 11.4 Å². The maximum Gasteiger partial charge on any atom is 0.342 e. The van der Waals surface area contributed by atoms with Gasteiger partial charge in [-0.25, -0.2) is 4.79 Å². The molecule has 0 fully saturated rings. The molecule has 0 aromatic rings. The van der Waals surface area contributed by atoms with E-state index in [2.05, 4.69) is 19.1 Å². The molecule has 0 saturated carbocycles. The number of unbranched alkanes of at least 4 members (excludes halogenated alkanes) is 3. The van der Waals surface area contributed by atoms with Crippen molar-refractivity contribution in [3.63, 3.8) is 0 Å². The van der Waals surface area contributed by atoms with Crippen molar-refractivity contribution in [2.24, 2.45) is 0 Å². The molecule has 0 unspecified atom stereocenters. The minimum Gasteiger partial charge on any atom is -0.462 e. The molecule has 2 aliphatic rings. The van der Waals surface area contributed by atoms with Gasteiger partial charge < -0.3 is 4.74 Å². The summed E-state index contributed by atoms with van der Waals surface area (Å²) in [5, 5.41) is 0. The Labute approximate surface area is 158 Å². The highest BCUT2D eigenvalue weighted by molar-refractivity contribution is 6.18. The summed E-state index contributed by atoms with van der Waals surface area (Å²) in [6.07, 6.45) is 17.3. The van der Waals surface area contributed by atoms with Crippen LogP contribution in [-0.4, -0.2) is 18.4 Å². The van der Waals surface area contributed by atoms with Gasteiger partial charge in [0.05, 0.1) is 6.61 Å². The fourth-order valence-electron chi connectivity index (χ4n) is 3.85. The average molecular weight is 359 g/mol. The molecule has 3 nitrogen and oxygen atoms in total. The quantitative estimate of drug-likeness (QED) is 0.167. The summed E-state index contributed by atoms with van der Waals surface area (Å²) in [4.78, 5) is 25.2. The Morgan fingerprint density at radius 2 is 1.54 bits per heavy atom. The van der Waals surface area contributed by atoms with Crippen LogP contribution in [0.4, 0.5) is 0 Å². The van der Waals surface area contributed by atoms with E-state index in [4.69, 9.17) is 4.74 Å². The smallest absolute Gasteiger partial charge is 0.342 e. The SMILES string of the molecule is CCCCCCOC(=O)C(C(C)=O)=C(C1=CCCCC1)C1=CCCCC1. The van der Waals surface area contributed by atoms with Gasteiger partial charge in [-0.05, 0) is 81.4 Å². The van der Waals surface area contributed by atoms with Crippen molar-refractivity contribution >= 4 is 11.8 Å². The molecule has 0 radical (unpaired) electrons. The third kappa shape index (κ3) is 5.96. The molecule has 0 aromatic heterocycles. The minimum atomic E-state index is -0.429. The molecule has 0 amide bonds. The van der Waals surface area contributed by atoms with Crippen LogP contribution in [-0.2, 0) is 14.3 Å². The van der Waals surface area contributed by atoms with Crippen LogP contribution in [0.5, 0.6) is 0 Å². The van der Waals surface area contributed by atoms with E-state index in [1.54, 1.807) is 0 Å². The number of allylic oxidation sites excluding steroid dienone is 5. The first-order valence-electron chi connectivity index (χ1n) is 10.5. The monoisotopic (exact) mass is 358 g/mol. The number of Topliss-reactive ketones (excluding diaryl/α,β-unsaturated/α-hetero) is 1. The van der Waals surface area contributed by atoms with Gasteiger partial charge in [-0.1, -0.05) is 38.3 Å². The van der Waals surface area contributed by atoms with E-state index in [0.717, 1.165) is 69.8 Å². The molecule has 0 spiro atoms. The van der Waals surface area contributed by atoms with Crippen LogP contribution < -0.4 is 0 Å². The van der Waals surface area contributed by atoms with Crippen LogP contribution in [0.25, 0.3) is 0 Å². The van der Waals surface area contributed by atoms with Gasteiger partial charge in [0.1, 0.15) is 5.57 Å². The number of ketones is 1. The molecule has 0 atom stereocenters. The predicted molar refractivity (Wildman–Crippen MR) is 106 cm³/mol. The second-order valence-corrected chi connectivity index (χ2v) is 7.45. The molecule has 0 saturated heterocycles. The number of hydrogen-bond donors (Lipinski definition) is 0. The first kappa shape index (κ1) is 20.7. The second kappa shape index (κ2) is 11.2. The Bertz CT molecular complexity index is 565. The van der Waals surface area contributed by atoms with Gasteiger partial charge in [0, 0.05) is 0 Å². The Kier molecular flexibility index (Phi) is 8.87. The standard InChI is InChI=1S/C23H34O3/c1-3-4-5-12-17-26-23(25)21(18(2)24)22(19-13-8-6-9-14-19)20-15-10-7-11-16-20/h13,15H,3-12,14,16-17H2,1-2H3. The highest BCUT2D eigenvalue weighted by Crippen LogP contribution is 2.36. The summed E-state index contributed by atoms with van der Waals surface area (Å²) >= 11 is 0. The number of hydrogen-bond acceptors (Lipinski definition) is 3. The molecular weight excluding hydrogens is 324 g/mol. The maximum atomic E-state index is 12.8. The van der Waals surface area contributed by atoms with E-state index in [1.807, 2.05) is 0 Å². The van der Waals surface area contributed by atoms with E-state index in [9.17, 15) is 9.59 Å². The molecule has 0 bridgehead atoms. The van der Waals surface area contributed by atoms with Crippen LogP contribution in [0.3, 0.4) is 0 Å². The van der Waals surface area contributed by atoms with Crippen molar-refractivity contribution in [2.45, 2.75) is 90.9 Å². The fraction of sp³-hybridized carbons (Fsp3) is 0.652. The molecule has 2 aliphatic carbocycles. The van der Waals surface area contributed by atoms with E-state index in [0.29, 0.717) is 6.61 Å². The number of carbonyl (C=O) groups is 2. The van der Waals surface area contributed by atoms with Gasteiger partial charge in [-0.15, -0.1) is 0 Å². The van der Waals surface area contributed by atoms with Crippen molar-refractivity contribution in [2.75, 3.05) is 6.61 Å². The molecule has 3 heteroatoms. The molecule has 2 rings (SSSR count). The lowest BCUT2D eigenvalue weighted by Crippen LogP contribution is -2.19. The summed E-state index contributed by atoms with van der Waals surface area (Å²) in [5.74, 6) is -0.599. The van der Waals surface area contributed by atoms with Gasteiger partial charge in [-0.3, -0.25) is 4.79 Å². The molecule has 0 N–H and O–H groups in total.